The number of rotatable bonds is 4. The van der Waals surface area contributed by atoms with Crippen LogP contribution in [0.5, 0.6) is 0 Å². The Morgan fingerprint density at radius 2 is 2.26 bits per heavy atom. The summed E-state index contributed by atoms with van der Waals surface area (Å²) in [5, 5.41) is 19.2. The van der Waals surface area contributed by atoms with Crippen molar-refractivity contribution in [2.45, 2.75) is 6.54 Å². The van der Waals surface area contributed by atoms with Gasteiger partial charge in [0.2, 0.25) is 5.82 Å². The topological polar surface area (TPSA) is 92.5 Å². The molecular weight excluding hydrogens is 260 g/mol. The van der Waals surface area contributed by atoms with E-state index in [0.717, 1.165) is 21.8 Å². The fourth-order valence-electron chi connectivity index (χ4n) is 1.73. The van der Waals surface area contributed by atoms with E-state index < -0.39 is 0 Å². The molecule has 0 saturated carbocycles. The van der Waals surface area contributed by atoms with Crippen molar-refractivity contribution >= 4 is 22.7 Å². The van der Waals surface area contributed by atoms with Crippen molar-refractivity contribution in [2.24, 2.45) is 0 Å². The SMILES string of the molecule is Nc1ccsc1CNc1cccc(-c2nn[nH]n2)c1. The molecule has 0 fully saturated rings. The van der Waals surface area contributed by atoms with Gasteiger partial charge in [0.05, 0.1) is 6.54 Å². The molecule has 2 heterocycles. The van der Waals surface area contributed by atoms with Gasteiger partial charge in [-0.3, -0.25) is 0 Å². The number of benzene rings is 1. The number of H-pyrrole nitrogens is 1. The maximum Gasteiger partial charge on any atom is 0.204 e. The second-order valence-electron chi connectivity index (χ2n) is 3.97. The molecule has 0 aliphatic heterocycles. The van der Waals surface area contributed by atoms with Gasteiger partial charge in [-0.25, -0.2) is 0 Å². The lowest BCUT2D eigenvalue weighted by atomic mass is 10.2. The van der Waals surface area contributed by atoms with Crippen LogP contribution < -0.4 is 11.1 Å². The summed E-state index contributed by atoms with van der Waals surface area (Å²) in [6.45, 7) is 0.708. The van der Waals surface area contributed by atoms with Gasteiger partial charge in [-0.05, 0) is 28.8 Å². The molecule has 0 bridgehead atoms. The Morgan fingerprint density at radius 3 is 3.00 bits per heavy atom. The fraction of sp³-hybridized carbons (Fsp3) is 0.0833. The molecule has 7 heteroatoms. The summed E-state index contributed by atoms with van der Waals surface area (Å²) in [5.74, 6) is 0.583. The molecule has 3 aromatic rings. The number of nitrogens with two attached hydrogens (primary N) is 1. The Morgan fingerprint density at radius 1 is 1.32 bits per heavy atom. The molecular formula is C12H12N6S. The normalized spacial score (nSPS) is 10.5. The zero-order valence-electron chi connectivity index (χ0n) is 10.00. The van der Waals surface area contributed by atoms with Crippen LogP contribution in [0.2, 0.25) is 0 Å². The smallest absolute Gasteiger partial charge is 0.204 e. The van der Waals surface area contributed by atoms with Gasteiger partial charge in [-0.2, -0.15) is 5.21 Å². The van der Waals surface area contributed by atoms with E-state index in [-0.39, 0.29) is 0 Å². The first-order valence-electron chi connectivity index (χ1n) is 5.72. The number of nitrogens with zero attached hydrogens (tertiary/aromatic N) is 3. The van der Waals surface area contributed by atoms with Crippen molar-refractivity contribution < 1.29 is 0 Å². The Labute approximate surface area is 113 Å². The fourth-order valence-corrected chi connectivity index (χ4v) is 2.47. The Balaban J connectivity index is 1.75. The highest BCUT2D eigenvalue weighted by molar-refractivity contribution is 7.10. The number of tetrazole rings is 1. The molecule has 2 aromatic heterocycles. The Kier molecular flexibility index (Phi) is 3.11. The van der Waals surface area contributed by atoms with Gasteiger partial charge in [-0.15, -0.1) is 21.5 Å². The maximum atomic E-state index is 5.85. The quantitative estimate of drug-likeness (QED) is 0.676. The number of aromatic amines is 1. The molecule has 0 aliphatic rings. The minimum atomic E-state index is 0.583. The first-order chi connectivity index (χ1) is 9.33. The number of hydrogen-bond acceptors (Lipinski definition) is 6. The monoisotopic (exact) mass is 272 g/mol. The minimum Gasteiger partial charge on any atom is -0.398 e. The van der Waals surface area contributed by atoms with Crippen molar-refractivity contribution in [3.8, 4) is 11.4 Å². The summed E-state index contributed by atoms with van der Waals surface area (Å²) in [6, 6.07) is 9.78. The number of aromatic nitrogens is 4. The van der Waals surface area contributed by atoms with E-state index in [9.17, 15) is 0 Å². The third-order valence-corrected chi connectivity index (χ3v) is 3.64. The van der Waals surface area contributed by atoms with Crippen LogP contribution in [0, 0.1) is 0 Å². The van der Waals surface area contributed by atoms with Crippen LogP contribution in [-0.2, 0) is 6.54 Å². The lowest BCUT2D eigenvalue weighted by molar-refractivity contribution is 0.881. The van der Waals surface area contributed by atoms with Crippen LogP contribution in [0.15, 0.2) is 35.7 Å². The summed E-state index contributed by atoms with van der Waals surface area (Å²) in [5.41, 5.74) is 8.59. The van der Waals surface area contributed by atoms with Gasteiger partial charge in [0.15, 0.2) is 0 Å². The highest BCUT2D eigenvalue weighted by atomic mass is 32.1. The van der Waals surface area contributed by atoms with E-state index in [1.165, 1.54) is 0 Å². The predicted molar refractivity (Wildman–Crippen MR) is 75.7 cm³/mol. The Bertz CT molecular complexity index is 660. The molecule has 0 aliphatic carbocycles. The van der Waals surface area contributed by atoms with Crippen LogP contribution in [0.1, 0.15) is 4.88 Å². The summed E-state index contributed by atoms with van der Waals surface area (Å²) in [4.78, 5) is 1.13. The molecule has 0 unspecified atom stereocenters. The van der Waals surface area contributed by atoms with Crippen LogP contribution in [0.3, 0.4) is 0 Å². The standard InChI is InChI=1S/C12H12N6S/c13-10-4-5-19-11(10)7-14-9-3-1-2-8(6-9)12-15-17-18-16-12/h1-6,14H,7,13H2,(H,15,16,17,18). The van der Waals surface area contributed by atoms with Gasteiger partial charge in [0.1, 0.15) is 0 Å². The predicted octanol–water partition coefficient (Wildman–Crippen LogP) is 2.12. The van der Waals surface area contributed by atoms with E-state index >= 15 is 0 Å². The van der Waals surface area contributed by atoms with E-state index in [1.54, 1.807) is 11.3 Å². The maximum absolute atomic E-state index is 5.85. The van der Waals surface area contributed by atoms with Gasteiger partial charge >= 0.3 is 0 Å². The van der Waals surface area contributed by atoms with Crippen LogP contribution in [-0.4, -0.2) is 20.6 Å². The second-order valence-corrected chi connectivity index (χ2v) is 4.97. The molecule has 4 N–H and O–H groups in total. The molecule has 0 radical (unpaired) electrons. The van der Waals surface area contributed by atoms with Gasteiger partial charge in [-0.1, -0.05) is 12.1 Å². The van der Waals surface area contributed by atoms with Crippen molar-refractivity contribution in [1.29, 1.82) is 0 Å². The number of thiophene rings is 1. The molecule has 3 rings (SSSR count). The zero-order chi connectivity index (χ0) is 13.1. The summed E-state index contributed by atoms with van der Waals surface area (Å²) < 4.78 is 0. The van der Waals surface area contributed by atoms with Gasteiger partial charge in [0.25, 0.3) is 0 Å². The summed E-state index contributed by atoms with van der Waals surface area (Å²) >= 11 is 1.64. The molecule has 0 amide bonds. The largest absolute Gasteiger partial charge is 0.398 e. The zero-order valence-corrected chi connectivity index (χ0v) is 10.8. The second kappa shape index (κ2) is 5.07. The van der Waals surface area contributed by atoms with Crippen LogP contribution in [0.25, 0.3) is 11.4 Å². The van der Waals surface area contributed by atoms with Gasteiger partial charge < -0.3 is 11.1 Å². The highest BCUT2D eigenvalue weighted by Crippen LogP contribution is 2.22. The molecule has 0 saturated heterocycles. The molecule has 19 heavy (non-hydrogen) atoms. The third kappa shape index (κ3) is 2.55. The van der Waals surface area contributed by atoms with E-state index in [4.69, 9.17) is 5.73 Å². The number of anilines is 2. The van der Waals surface area contributed by atoms with Crippen molar-refractivity contribution in [1.82, 2.24) is 20.6 Å². The third-order valence-electron chi connectivity index (χ3n) is 2.70. The van der Waals surface area contributed by atoms with Gasteiger partial charge in [0, 0.05) is 21.8 Å². The minimum absolute atomic E-state index is 0.583. The van der Waals surface area contributed by atoms with E-state index in [0.29, 0.717) is 12.4 Å². The van der Waals surface area contributed by atoms with Crippen LogP contribution >= 0.6 is 11.3 Å². The first-order valence-corrected chi connectivity index (χ1v) is 6.60. The molecule has 0 spiro atoms. The Hall–Kier alpha value is -2.41. The van der Waals surface area contributed by atoms with Crippen molar-refractivity contribution in [3.05, 3.63) is 40.6 Å². The van der Waals surface area contributed by atoms with Crippen molar-refractivity contribution in [2.75, 3.05) is 11.1 Å². The highest BCUT2D eigenvalue weighted by Gasteiger charge is 2.04. The van der Waals surface area contributed by atoms with Crippen molar-refractivity contribution in [3.63, 3.8) is 0 Å². The van der Waals surface area contributed by atoms with E-state index in [1.807, 2.05) is 35.7 Å². The summed E-state index contributed by atoms with van der Waals surface area (Å²) in [6.07, 6.45) is 0. The van der Waals surface area contributed by atoms with E-state index in [2.05, 4.69) is 25.9 Å². The average Bonchev–Trinajstić information content (AvgIpc) is 3.08. The molecule has 6 nitrogen and oxygen atoms in total. The average molecular weight is 272 g/mol. The number of nitrogen functional groups attached to an aromatic ring is 1. The lowest BCUT2D eigenvalue weighted by Gasteiger charge is -2.06. The first kappa shape index (κ1) is 11.7. The molecule has 0 atom stereocenters. The molecule has 96 valence electrons. The number of nitrogens with one attached hydrogen (secondary N) is 2. The van der Waals surface area contributed by atoms with Crippen LogP contribution in [0.4, 0.5) is 11.4 Å². The summed E-state index contributed by atoms with van der Waals surface area (Å²) in [7, 11) is 0. The molecule has 1 aromatic carbocycles. The number of hydrogen-bond donors (Lipinski definition) is 3. The lowest BCUT2D eigenvalue weighted by Crippen LogP contribution is -2.00.